The lowest BCUT2D eigenvalue weighted by Gasteiger charge is -2.14. The molecule has 1 aromatic carbocycles. The Bertz CT molecular complexity index is 426. The van der Waals surface area contributed by atoms with E-state index in [0.717, 1.165) is 10.5 Å². The lowest BCUT2D eigenvalue weighted by molar-refractivity contribution is -0.121. The molecule has 3 nitrogen and oxygen atoms in total. The van der Waals surface area contributed by atoms with Crippen LogP contribution in [0.1, 0.15) is 18.4 Å². The minimum Gasteiger partial charge on any atom is -0.274 e. The number of nitrogens with zero attached hydrogens (tertiary/aromatic N) is 1. The summed E-state index contributed by atoms with van der Waals surface area (Å²) >= 11 is 4.24. The first-order valence-electron chi connectivity index (χ1n) is 4.75. The standard InChI is InChI=1S/C11H11NO2S/c1-7-6-8(2-3-9(7)15)12-10(13)4-5-11(12)14/h2-3,6,15H,4-5H2,1H3. The van der Waals surface area contributed by atoms with Crippen molar-refractivity contribution in [3.8, 4) is 0 Å². The monoisotopic (exact) mass is 221 g/mol. The third kappa shape index (κ3) is 1.77. The Morgan fingerprint density at radius 1 is 1.20 bits per heavy atom. The van der Waals surface area contributed by atoms with Gasteiger partial charge in [0.05, 0.1) is 5.69 Å². The molecule has 0 aliphatic carbocycles. The van der Waals surface area contributed by atoms with Gasteiger partial charge in [-0.2, -0.15) is 0 Å². The number of hydrogen-bond donors (Lipinski definition) is 1. The molecule has 0 aromatic heterocycles. The highest BCUT2D eigenvalue weighted by atomic mass is 32.1. The summed E-state index contributed by atoms with van der Waals surface area (Å²) < 4.78 is 0. The summed E-state index contributed by atoms with van der Waals surface area (Å²) in [7, 11) is 0. The number of carbonyl (C=O) groups is 2. The summed E-state index contributed by atoms with van der Waals surface area (Å²) in [5.74, 6) is -0.238. The highest BCUT2D eigenvalue weighted by Gasteiger charge is 2.30. The molecule has 2 amide bonds. The topological polar surface area (TPSA) is 37.4 Å². The SMILES string of the molecule is Cc1cc(N2C(=O)CCC2=O)ccc1S. The van der Waals surface area contributed by atoms with Crippen LogP contribution in [0.25, 0.3) is 0 Å². The lowest BCUT2D eigenvalue weighted by Crippen LogP contribution is -2.28. The van der Waals surface area contributed by atoms with E-state index in [1.165, 1.54) is 4.90 Å². The van der Waals surface area contributed by atoms with Crippen molar-refractivity contribution in [2.24, 2.45) is 0 Å². The van der Waals surface area contributed by atoms with Gasteiger partial charge in [-0.25, -0.2) is 0 Å². The second kappa shape index (κ2) is 3.70. The fourth-order valence-corrected chi connectivity index (χ4v) is 1.78. The molecule has 2 rings (SSSR count). The second-order valence-corrected chi connectivity index (χ2v) is 4.08. The van der Waals surface area contributed by atoms with Gasteiger partial charge in [0, 0.05) is 17.7 Å². The minimum atomic E-state index is -0.119. The van der Waals surface area contributed by atoms with E-state index in [0.29, 0.717) is 18.5 Å². The molecule has 0 N–H and O–H groups in total. The van der Waals surface area contributed by atoms with Gasteiger partial charge in [-0.15, -0.1) is 12.6 Å². The molecule has 4 heteroatoms. The number of rotatable bonds is 1. The van der Waals surface area contributed by atoms with Gasteiger partial charge in [0.25, 0.3) is 0 Å². The summed E-state index contributed by atoms with van der Waals surface area (Å²) in [4.78, 5) is 25.0. The van der Waals surface area contributed by atoms with Crippen LogP contribution in [-0.4, -0.2) is 11.8 Å². The van der Waals surface area contributed by atoms with Gasteiger partial charge in [0.2, 0.25) is 11.8 Å². The predicted molar refractivity (Wildman–Crippen MR) is 60.2 cm³/mol. The van der Waals surface area contributed by atoms with Crippen molar-refractivity contribution < 1.29 is 9.59 Å². The molecule has 0 atom stereocenters. The van der Waals surface area contributed by atoms with Gasteiger partial charge in [-0.1, -0.05) is 0 Å². The summed E-state index contributed by atoms with van der Waals surface area (Å²) in [6, 6.07) is 5.35. The van der Waals surface area contributed by atoms with Crippen molar-refractivity contribution in [2.75, 3.05) is 4.90 Å². The van der Waals surface area contributed by atoms with Crippen LogP contribution in [0.3, 0.4) is 0 Å². The molecular weight excluding hydrogens is 210 g/mol. The normalized spacial score (nSPS) is 16.3. The van der Waals surface area contributed by atoms with Gasteiger partial charge in [0.1, 0.15) is 0 Å². The Morgan fingerprint density at radius 2 is 1.80 bits per heavy atom. The molecule has 15 heavy (non-hydrogen) atoms. The zero-order valence-corrected chi connectivity index (χ0v) is 9.25. The number of hydrogen-bond acceptors (Lipinski definition) is 3. The Kier molecular flexibility index (Phi) is 2.52. The van der Waals surface area contributed by atoms with Crippen molar-refractivity contribution >= 4 is 30.1 Å². The zero-order valence-electron chi connectivity index (χ0n) is 8.36. The predicted octanol–water partition coefficient (Wildman–Crippen LogP) is 1.94. The molecule has 1 heterocycles. The molecule has 0 saturated carbocycles. The van der Waals surface area contributed by atoms with Gasteiger partial charge in [0.15, 0.2) is 0 Å². The molecular formula is C11H11NO2S. The summed E-state index contributed by atoms with van der Waals surface area (Å²) in [5.41, 5.74) is 1.61. The van der Waals surface area contributed by atoms with E-state index in [1.807, 2.05) is 13.0 Å². The third-order valence-electron chi connectivity index (χ3n) is 2.49. The van der Waals surface area contributed by atoms with E-state index in [2.05, 4.69) is 12.6 Å². The van der Waals surface area contributed by atoms with Crippen LogP contribution in [0, 0.1) is 6.92 Å². The first-order chi connectivity index (χ1) is 7.09. The van der Waals surface area contributed by atoms with Crippen LogP contribution in [0.5, 0.6) is 0 Å². The third-order valence-corrected chi connectivity index (χ3v) is 2.99. The van der Waals surface area contributed by atoms with Gasteiger partial charge in [-0.05, 0) is 30.7 Å². The smallest absolute Gasteiger partial charge is 0.234 e. The van der Waals surface area contributed by atoms with Gasteiger partial charge < -0.3 is 0 Å². The van der Waals surface area contributed by atoms with Gasteiger partial charge >= 0.3 is 0 Å². The number of anilines is 1. The van der Waals surface area contributed by atoms with E-state index < -0.39 is 0 Å². The van der Waals surface area contributed by atoms with Crippen LogP contribution in [0.15, 0.2) is 23.1 Å². The fraction of sp³-hybridized carbons (Fsp3) is 0.273. The van der Waals surface area contributed by atoms with Crippen LogP contribution in [-0.2, 0) is 9.59 Å². The van der Waals surface area contributed by atoms with Crippen LogP contribution in [0.4, 0.5) is 5.69 Å². The highest BCUT2D eigenvalue weighted by molar-refractivity contribution is 7.80. The molecule has 0 bridgehead atoms. The lowest BCUT2D eigenvalue weighted by atomic mass is 10.2. The van der Waals surface area contributed by atoms with Crippen molar-refractivity contribution in [1.82, 2.24) is 0 Å². The van der Waals surface area contributed by atoms with Crippen LogP contribution < -0.4 is 4.90 Å². The average molecular weight is 221 g/mol. The summed E-state index contributed by atoms with van der Waals surface area (Å²) in [6.07, 6.45) is 0.640. The fourth-order valence-electron chi connectivity index (χ4n) is 1.64. The number of aryl methyl sites for hydroxylation is 1. The molecule has 1 aromatic rings. The van der Waals surface area contributed by atoms with Crippen molar-refractivity contribution in [1.29, 1.82) is 0 Å². The number of thiol groups is 1. The van der Waals surface area contributed by atoms with Crippen LogP contribution in [0.2, 0.25) is 0 Å². The molecule has 78 valence electrons. The Balaban J connectivity index is 2.41. The zero-order chi connectivity index (χ0) is 11.0. The maximum absolute atomic E-state index is 11.5. The van der Waals surface area contributed by atoms with Gasteiger partial charge in [-0.3, -0.25) is 14.5 Å². The van der Waals surface area contributed by atoms with E-state index in [9.17, 15) is 9.59 Å². The Morgan fingerprint density at radius 3 is 2.33 bits per heavy atom. The summed E-state index contributed by atoms with van der Waals surface area (Å²) in [6.45, 7) is 1.90. The second-order valence-electron chi connectivity index (χ2n) is 3.59. The molecule has 1 aliphatic rings. The first-order valence-corrected chi connectivity index (χ1v) is 5.20. The van der Waals surface area contributed by atoms with Crippen molar-refractivity contribution in [3.05, 3.63) is 23.8 Å². The number of amides is 2. The molecule has 0 spiro atoms. The number of imide groups is 1. The first kappa shape index (κ1) is 10.2. The quantitative estimate of drug-likeness (QED) is 0.581. The maximum atomic E-state index is 11.5. The number of benzene rings is 1. The number of carbonyl (C=O) groups excluding carboxylic acids is 2. The van der Waals surface area contributed by atoms with E-state index in [4.69, 9.17) is 0 Å². The maximum Gasteiger partial charge on any atom is 0.234 e. The molecule has 0 unspecified atom stereocenters. The van der Waals surface area contributed by atoms with E-state index in [1.54, 1.807) is 12.1 Å². The van der Waals surface area contributed by atoms with E-state index in [-0.39, 0.29) is 11.8 Å². The molecule has 0 radical (unpaired) electrons. The summed E-state index contributed by atoms with van der Waals surface area (Å²) in [5, 5.41) is 0. The van der Waals surface area contributed by atoms with Crippen LogP contribution >= 0.6 is 12.6 Å². The Hall–Kier alpha value is -1.29. The molecule has 1 saturated heterocycles. The Labute approximate surface area is 93.5 Å². The largest absolute Gasteiger partial charge is 0.274 e. The van der Waals surface area contributed by atoms with Crippen molar-refractivity contribution in [2.45, 2.75) is 24.7 Å². The highest BCUT2D eigenvalue weighted by Crippen LogP contribution is 2.25. The minimum absolute atomic E-state index is 0.119. The average Bonchev–Trinajstić information content (AvgIpc) is 2.52. The molecule has 1 fully saturated rings. The molecule has 1 aliphatic heterocycles. The van der Waals surface area contributed by atoms with Crippen molar-refractivity contribution in [3.63, 3.8) is 0 Å². The van der Waals surface area contributed by atoms with E-state index >= 15 is 0 Å².